The van der Waals surface area contributed by atoms with Gasteiger partial charge < -0.3 is 9.64 Å². The number of aromatic amines is 1. The van der Waals surface area contributed by atoms with Crippen molar-refractivity contribution < 1.29 is 9.53 Å². The number of thiophene rings is 1. The van der Waals surface area contributed by atoms with Crippen molar-refractivity contribution in [3.63, 3.8) is 0 Å². The Morgan fingerprint density at radius 3 is 2.85 bits per heavy atom. The minimum absolute atomic E-state index is 0.00202. The third-order valence-corrected chi connectivity index (χ3v) is 5.81. The number of rotatable bonds is 8. The number of nitrogens with zero attached hydrogens (tertiary/aromatic N) is 3. The molecule has 142 valence electrons. The van der Waals surface area contributed by atoms with Gasteiger partial charge in [-0.1, -0.05) is 29.4 Å². The maximum absolute atomic E-state index is 12.5. The Kier molecular flexibility index (Phi) is 6.76. The van der Waals surface area contributed by atoms with Gasteiger partial charge >= 0.3 is 0 Å². The van der Waals surface area contributed by atoms with E-state index in [2.05, 4.69) is 15.2 Å². The van der Waals surface area contributed by atoms with Crippen molar-refractivity contribution in [1.29, 1.82) is 0 Å². The molecule has 1 atom stereocenters. The molecule has 0 saturated heterocycles. The monoisotopic (exact) mass is 422 g/mol. The van der Waals surface area contributed by atoms with Gasteiger partial charge in [-0.25, -0.2) is 4.98 Å². The number of benzene rings is 1. The first-order valence-electron chi connectivity index (χ1n) is 8.29. The van der Waals surface area contributed by atoms with Gasteiger partial charge in [0.05, 0.1) is 16.7 Å². The van der Waals surface area contributed by atoms with Crippen LogP contribution in [0.5, 0.6) is 5.75 Å². The molecule has 0 aliphatic carbocycles. The molecule has 0 spiro atoms. The van der Waals surface area contributed by atoms with E-state index in [1.165, 1.54) is 11.8 Å². The fourth-order valence-corrected chi connectivity index (χ4v) is 3.91. The van der Waals surface area contributed by atoms with Crippen molar-refractivity contribution in [1.82, 2.24) is 20.1 Å². The summed E-state index contributed by atoms with van der Waals surface area (Å²) in [7, 11) is 1.76. The van der Waals surface area contributed by atoms with Crippen LogP contribution in [0.1, 0.15) is 6.92 Å². The van der Waals surface area contributed by atoms with Crippen molar-refractivity contribution in [2.45, 2.75) is 17.3 Å². The molecule has 0 aliphatic heterocycles. The van der Waals surface area contributed by atoms with Crippen LogP contribution in [0.3, 0.4) is 0 Å². The summed E-state index contributed by atoms with van der Waals surface area (Å²) in [6.45, 7) is 2.75. The summed E-state index contributed by atoms with van der Waals surface area (Å²) in [5.74, 6) is 1.45. The molecule has 1 amide bonds. The number of hydrogen-bond donors (Lipinski definition) is 1. The Hall–Kier alpha value is -2.03. The van der Waals surface area contributed by atoms with Crippen LogP contribution in [0.2, 0.25) is 5.02 Å². The molecule has 27 heavy (non-hydrogen) atoms. The van der Waals surface area contributed by atoms with E-state index in [9.17, 15) is 4.79 Å². The lowest BCUT2D eigenvalue weighted by molar-refractivity contribution is -0.129. The molecular formula is C18H19ClN4O2S2. The molecule has 0 fully saturated rings. The zero-order chi connectivity index (χ0) is 19.2. The highest BCUT2D eigenvalue weighted by Gasteiger charge is 2.21. The molecule has 3 rings (SSSR count). The van der Waals surface area contributed by atoms with Gasteiger partial charge in [0.2, 0.25) is 11.1 Å². The predicted octanol–water partition coefficient (Wildman–Crippen LogP) is 4.20. The number of halogens is 1. The highest BCUT2D eigenvalue weighted by atomic mass is 35.5. The summed E-state index contributed by atoms with van der Waals surface area (Å²) in [6, 6.07) is 11.1. The number of carbonyl (C=O) groups excluding carboxylic acids is 1. The molecule has 0 bridgehead atoms. The van der Waals surface area contributed by atoms with Crippen LogP contribution in [-0.2, 0) is 4.79 Å². The van der Waals surface area contributed by atoms with Gasteiger partial charge in [0.25, 0.3) is 0 Å². The van der Waals surface area contributed by atoms with Crippen molar-refractivity contribution in [3.8, 4) is 16.5 Å². The first-order chi connectivity index (χ1) is 13.0. The van der Waals surface area contributed by atoms with E-state index in [-0.39, 0.29) is 11.2 Å². The number of nitrogens with one attached hydrogen (secondary N) is 1. The van der Waals surface area contributed by atoms with Gasteiger partial charge in [0, 0.05) is 12.1 Å². The summed E-state index contributed by atoms with van der Waals surface area (Å²) in [4.78, 5) is 19.7. The lowest BCUT2D eigenvalue weighted by Gasteiger charge is -2.20. The van der Waals surface area contributed by atoms with Gasteiger partial charge in [0.15, 0.2) is 5.82 Å². The molecule has 6 nitrogen and oxygen atoms in total. The maximum Gasteiger partial charge on any atom is 0.235 e. The zero-order valence-corrected chi connectivity index (χ0v) is 17.3. The Balaban J connectivity index is 1.47. The van der Waals surface area contributed by atoms with Crippen LogP contribution in [-0.4, -0.2) is 51.4 Å². The predicted molar refractivity (Wildman–Crippen MR) is 110 cm³/mol. The van der Waals surface area contributed by atoms with Crippen molar-refractivity contribution in [3.05, 3.63) is 46.8 Å². The number of amides is 1. The Morgan fingerprint density at radius 2 is 2.15 bits per heavy atom. The van der Waals surface area contributed by atoms with Crippen molar-refractivity contribution in [2.75, 3.05) is 20.2 Å². The topological polar surface area (TPSA) is 71.1 Å². The van der Waals surface area contributed by atoms with E-state index in [0.29, 0.717) is 23.3 Å². The van der Waals surface area contributed by atoms with E-state index >= 15 is 0 Å². The summed E-state index contributed by atoms with van der Waals surface area (Å²) in [5, 5.41) is 10.0. The SMILES string of the molecule is CC(Sc1n[nH]c(-c2cccs2)n1)C(=O)N(C)CCOc1ccc(Cl)cc1. The molecule has 1 N–H and O–H groups in total. The van der Waals surface area contributed by atoms with Crippen molar-refractivity contribution >= 4 is 40.6 Å². The quantitative estimate of drug-likeness (QED) is 0.551. The fourth-order valence-electron chi connectivity index (χ4n) is 2.28. The average molecular weight is 423 g/mol. The highest BCUT2D eigenvalue weighted by Crippen LogP contribution is 2.25. The summed E-state index contributed by atoms with van der Waals surface area (Å²) in [5.41, 5.74) is 0. The fraction of sp³-hybridized carbons (Fsp3) is 0.278. The third kappa shape index (κ3) is 5.47. The number of H-pyrrole nitrogens is 1. The van der Waals surface area contributed by atoms with E-state index in [1.54, 1.807) is 47.5 Å². The molecule has 0 radical (unpaired) electrons. The minimum Gasteiger partial charge on any atom is -0.492 e. The zero-order valence-electron chi connectivity index (χ0n) is 14.9. The molecule has 3 aromatic rings. The van der Waals surface area contributed by atoms with E-state index in [1.807, 2.05) is 24.4 Å². The van der Waals surface area contributed by atoms with Crippen LogP contribution >= 0.6 is 34.7 Å². The molecule has 9 heteroatoms. The van der Waals surface area contributed by atoms with Gasteiger partial charge in [-0.3, -0.25) is 9.89 Å². The van der Waals surface area contributed by atoms with E-state index < -0.39 is 0 Å². The maximum atomic E-state index is 12.5. The minimum atomic E-state index is -0.294. The molecule has 1 aromatic carbocycles. The second kappa shape index (κ2) is 9.25. The molecular weight excluding hydrogens is 404 g/mol. The van der Waals surface area contributed by atoms with E-state index in [4.69, 9.17) is 16.3 Å². The van der Waals surface area contributed by atoms with Crippen LogP contribution in [0.4, 0.5) is 0 Å². The van der Waals surface area contributed by atoms with Gasteiger partial charge in [0.1, 0.15) is 12.4 Å². The number of thioether (sulfide) groups is 1. The highest BCUT2D eigenvalue weighted by molar-refractivity contribution is 8.00. The molecule has 0 aliphatic rings. The molecule has 2 heterocycles. The number of carbonyl (C=O) groups is 1. The Labute approximate surface area is 170 Å². The lowest BCUT2D eigenvalue weighted by Crippen LogP contribution is -2.36. The standard InChI is InChI=1S/C18H19ClN4O2S2/c1-12(27-18-20-16(21-22-18)15-4-3-11-26-15)17(24)23(2)9-10-25-14-7-5-13(19)6-8-14/h3-8,11-12H,9-10H2,1-2H3,(H,20,21,22). The van der Waals surface area contributed by atoms with Crippen LogP contribution < -0.4 is 4.74 Å². The molecule has 1 unspecified atom stereocenters. The summed E-state index contributed by atoms with van der Waals surface area (Å²) in [6.07, 6.45) is 0. The lowest BCUT2D eigenvalue weighted by atomic mass is 10.3. The smallest absolute Gasteiger partial charge is 0.235 e. The van der Waals surface area contributed by atoms with Gasteiger partial charge in [-0.2, -0.15) is 0 Å². The summed E-state index contributed by atoms with van der Waals surface area (Å²) < 4.78 is 5.64. The van der Waals surface area contributed by atoms with Crippen LogP contribution in [0.25, 0.3) is 10.7 Å². The van der Waals surface area contributed by atoms with Gasteiger partial charge in [-0.05, 0) is 42.6 Å². The van der Waals surface area contributed by atoms with E-state index in [0.717, 1.165) is 16.5 Å². The van der Waals surface area contributed by atoms with Crippen molar-refractivity contribution in [2.24, 2.45) is 0 Å². The number of ether oxygens (including phenoxy) is 1. The molecule has 0 saturated carbocycles. The second-order valence-corrected chi connectivity index (χ2v) is 8.46. The van der Waals surface area contributed by atoms with Crippen LogP contribution in [0.15, 0.2) is 46.9 Å². The normalized spacial score (nSPS) is 12.0. The second-order valence-electron chi connectivity index (χ2n) is 5.77. The van der Waals surface area contributed by atoms with Crippen LogP contribution in [0, 0.1) is 0 Å². The Bertz CT molecular complexity index is 868. The largest absolute Gasteiger partial charge is 0.492 e. The average Bonchev–Trinajstić information content (AvgIpc) is 3.34. The van der Waals surface area contributed by atoms with Gasteiger partial charge in [-0.15, -0.1) is 16.4 Å². The number of aromatic nitrogens is 3. The number of hydrogen-bond acceptors (Lipinski definition) is 6. The Morgan fingerprint density at radius 1 is 1.37 bits per heavy atom. The first kappa shape index (κ1) is 19.7. The third-order valence-electron chi connectivity index (χ3n) is 3.73. The molecule has 2 aromatic heterocycles. The first-order valence-corrected chi connectivity index (χ1v) is 10.4. The number of likely N-dealkylation sites (N-methyl/N-ethyl adjacent to an activating group) is 1. The summed E-state index contributed by atoms with van der Waals surface area (Å²) >= 11 is 8.77.